The monoisotopic (exact) mass is 451 g/mol. The van der Waals surface area contributed by atoms with Crippen LogP contribution < -0.4 is 0 Å². The van der Waals surface area contributed by atoms with Gasteiger partial charge in [0.25, 0.3) is 0 Å². The van der Waals surface area contributed by atoms with E-state index in [2.05, 4.69) is 39.6 Å². The molecule has 3 aromatic rings. The van der Waals surface area contributed by atoms with Crippen LogP contribution in [-0.2, 0) is 23.2 Å². The SMILES string of the molecule is CO[C@@H]1CN(CC2Cc3ccc(C)cc3C2)CC[C@H]1n1c(C(C)(C)O)nc2cc(F)ccc21. The van der Waals surface area contributed by atoms with E-state index in [-0.39, 0.29) is 18.0 Å². The molecule has 33 heavy (non-hydrogen) atoms. The predicted octanol–water partition coefficient (Wildman–Crippen LogP) is 4.39. The lowest BCUT2D eigenvalue weighted by atomic mass is 9.97. The fraction of sp³-hybridized carbons (Fsp3) is 0.519. The van der Waals surface area contributed by atoms with Gasteiger partial charge in [0.15, 0.2) is 0 Å². The number of halogens is 1. The second-order valence-corrected chi connectivity index (χ2v) is 10.4. The average molecular weight is 452 g/mol. The lowest BCUT2D eigenvalue weighted by molar-refractivity contribution is -0.0152. The first-order valence-electron chi connectivity index (χ1n) is 12.0. The summed E-state index contributed by atoms with van der Waals surface area (Å²) in [4.78, 5) is 7.15. The normalized spacial score (nSPS) is 23.9. The lowest BCUT2D eigenvalue weighted by Gasteiger charge is -2.40. The van der Waals surface area contributed by atoms with Crippen molar-refractivity contribution in [2.45, 2.75) is 57.8 Å². The van der Waals surface area contributed by atoms with Crippen LogP contribution in [0.4, 0.5) is 4.39 Å². The van der Waals surface area contributed by atoms with Gasteiger partial charge in [0.2, 0.25) is 0 Å². The Labute approximate surface area is 195 Å². The number of rotatable bonds is 5. The highest BCUT2D eigenvalue weighted by atomic mass is 19.1. The van der Waals surface area contributed by atoms with Gasteiger partial charge in [0, 0.05) is 32.8 Å². The molecule has 1 saturated heterocycles. The third-order valence-corrected chi connectivity index (χ3v) is 7.34. The number of piperidine rings is 1. The van der Waals surface area contributed by atoms with Crippen molar-refractivity contribution in [2.24, 2.45) is 5.92 Å². The Morgan fingerprint density at radius 3 is 2.70 bits per heavy atom. The fourth-order valence-corrected chi connectivity index (χ4v) is 5.83. The second-order valence-electron chi connectivity index (χ2n) is 10.4. The maximum Gasteiger partial charge on any atom is 0.141 e. The highest BCUT2D eigenvalue weighted by Gasteiger charge is 2.37. The summed E-state index contributed by atoms with van der Waals surface area (Å²) >= 11 is 0. The zero-order chi connectivity index (χ0) is 23.3. The van der Waals surface area contributed by atoms with Crippen molar-refractivity contribution in [1.82, 2.24) is 14.5 Å². The predicted molar refractivity (Wildman–Crippen MR) is 128 cm³/mol. The largest absolute Gasteiger partial charge is 0.383 e. The summed E-state index contributed by atoms with van der Waals surface area (Å²) in [6, 6.07) is 11.6. The minimum Gasteiger partial charge on any atom is -0.383 e. The Balaban J connectivity index is 1.36. The van der Waals surface area contributed by atoms with Crippen molar-refractivity contribution in [2.75, 3.05) is 26.7 Å². The maximum atomic E-state index is 13.9. The van der Waals surface area contributed by atoms with E-state index >= 15 is 0 Å². The van der Waals surface area contributed by atoms with Crippen LogP contribution in [0.1, 0.15) is 48.8 Å². The van der Waals surface area contributed by atoms with E-state index in [1.165, 1.54) is 28.8 Å². The zero-order valence-corrected chi connectivity index (χ0v) is 20.0. The Bertz CT molecular complexity index is 1170. The van der Waals surface area contributed by atoms with E-state index in [9.17, 15) is 9.50 Å². The van der Waals surface area contributed by atoms with E-state index in [0.717, 1.165) is 44.4 Å². The smallest absolute Gasteiger partial charge is 0.141 e. The number of aryl methyl sites for hydroxylation is 1. The van der Waals surface area contributed by atoms with Gasteiger partial charge >= 0.3 is 0 Å². The molecule has 5 nitrogen and oxygen atoms in total. The zero-order valence-electron chi connectivity index (χ0n) is 20.0. The van der Waals surface area contributed by atoms with Gasteiger partial charge in [-0.2, -0.15) is 0 Å². The van der Waals surface area contributed by atoms with E-state index < -0.39 is 5.60 Å². The molecule has 6 heteroatoms. The Kier molecular flexibility index (Phi) is 5.79. The number of hydrogen-bond acceptors (Lipinski definition) is 4. The molecule has 0 saturated carbocycles. The van der Waals surface area contributed by atoms with Gasteiger partial charge in [-0.05, 0) is 69.2 Å². The van der Waals surface area contributed by atoms with Gasteiger partial charge in [-0.25, -0.2) is 9.37 Å². The topological polar surface area (TPSA) is 50.5 Å². The van der Waals surface area contributed by atoms with Crippen molar-refractivity contribution in [3.05, 3.63) is 64.7 Å². The minimum atomic E-state index is -1.14. The molecule has 1 unspecified atom stereocenters. The van der Waals surface area contributed by atoms with E-state index in [1.807, 2.05) is 0 Å². The molecule has 1 N–H and O–H groups in total. The molecular formula is C27H34FN3O2. The molecule has 1 aliphatic heterocycles. The molecule has 3 atom stereocenters. The number of fused-ring (bicyclic) bond motifs is 2. The quantitative estimate of drug-likeness (QED) is 0.625. The van der Waals surface area contributed by atoms with Gasteiger partial charge < -0.3 is 19.3 Å². The highest BCUT2D eigenvalue weighted by Crippen LogP contribution is 2.35. The van der Waals surface area contributed by atoms with Crippen LogP contribution in [0.2, 0.25) is 0 Å². The molecule has 2 aliphatic rings. The lowest BCUT2D eigenvalue weighted by Crippen LogP contribution is -2.47. The van der Waals surface area contributed by atoms with E-state index in [1.54, 1.807) is 27.0 Å². The Morgan fingerprint density at radius 1 is 1.15 bits per heavy atom. The molecular weight excluding hydrogens is 417 g/mol. The van der Waals surface area contributed by atoms with Gasteiger partial charge in [-0.15, -0.1) is 0 Å². The van der Waals surface area contributed by atoms with Crippen LogP contribution in [-0.4, -0.2) is 52.4 Å². The van der Waals surface area contributed by atoms with Gasteiger partial charge in [0.05, 0.1) is 23.2 Å². The molecule has 1 aromatic heterocycles. The molecule has 0 radical (unpaired) electrons. The summed E-state index contributed by atoms with van der Waals surface area (Å²) in [5.74, 6) is 0.880. The van der Waals surface area contributed by atoms with E-state index in [0.29, 0.717) is 17.3 Å². The first-order chi connectivity index (χ1) is 15.7. The second kappa shape index (κ2) is 8.49. The summed E-state index contributed by atoms with van der Waals surface area (Å²) in [7, 11) is 1.76. The average Bonchev–Trinajstić information content (AvgIpc) is 3.33. The van der Waals surface area contributed by atoms with Gasteiger partial charge in [-0.1, -0.05) is 23.8 Å². The van der Waals surface area contributed by atoms with Crippen LogP contribution in [0.25, 0.3) is 11.0 Å². The molecule has 0 bridgehead atoms. The van der Waals surface area contributed by atoms with Gasteiger partial charge in [0.1, 0.15) is 17.2 Å². The molecule has 2 aromatic carbocycles. The number of aromatic nitrogens is 2. The summed E-state index contributed by atoms with van der Waals surface area (Å²) in [6.07, 6.45) is 3.15. The maximum absolute atomic E-state index is 13.9. The first kappa shape index (κ1) is 22.5. The molecule has 176 valence electrons. The number of aliphatic hydroxyl groups is 1. The number of methoxy groups -OCH3 is 1. The standard InChI is InChI=1S/C27H34FN3O2/c1-17-5-6-19-12-18(13-20(19)11-17)15-30-10-9-24(25(16-30)33-4)31-23-8-7-21(28)14-22(23)29-26(31)27(2,3)32/h5-8,11,14,18,24-25,32H,9-10,12-13,15-16H2,1-4H3/t18?,24-,25-/m1/s1. The summed E-state index contributed by atoms with van der Waals surface area (Å²) < 4.78 is 22.0. The molecule has 0 amide bonds. The molecule has 0 spiro atoms. The molecule has 1 fully saturated rings. The number of nitrogens with zero attached hydrogens (tertiary/aromatic N) is 3. The van der Waals surface area contributed by atoms with Crippen LogP contribution in [0.5, 0.6) is 0 Å². The number of hydrogen-bond donors (Lipinski definition) is 1. The Hall–Kier alpha value is -2.28. The molecule has 5 rings (SSSR count). The van der Waals surface area contributed by atoms with Crippen molar-refractivity contribution in [1.29, 1.82) is 0 Å². The van der Waals surface area contributed by atoms with Crippen LogP contribution in [0.3, 0.4) is 0 Å². The summed E-state index contributed by atoms with van der Waals surface area (Å²) in [5, 5.41) is 10.8. The summed E-state index contributed by atoms with van der Waals surface area (Å²) in [5.41, 5.74) is 4.61. The third-order valence-electron chi connectivity index (χ3n) is 7.34. The van der Waals surface area contributed by atoms with Crippen molar-refractivity contribution in [3.63, 3.8) is 0 Å². The van der Waals surface area contributed by atoms with Crippen molar-refractivity contribution >= 4 is 11.0 Å². The summed E-state index contributed by atoms with van der Waals surface area (Å²) in [6.45, 7) is 8.49. The third kappa shape index (κ3) is 4.32. The highest BCUT2D eigenvalue weighted by molar-refractivity contribution is 5.76. The molecule has 2 heterocycles. The fourth-order valence-electron chi connectivity index (χ4n) is 5.83. The van der Waals surface area contributed by atoms with Crippen LogP contribution in [0.15, 0.2) is 36.4 Å². The molecule has 1 aliphatic carbocycles. The van der Waals surface area contributed by atoms with Crippen LogP contribution >= 0.6 is 0 Å². The van der Waals surface area contributed by atoms with Crippen molar-refractivity contribution < 1.29 is 14.2 Å². The minimum absolute atomic E-state index is 0.0339. The number of benzene rings is 2. The number of ether oxygens (including phenoxy) is 1. The first-order valence-corrected chi connectivity index (χ1v) is 12.0. The Morgan fingerprint density at radius 2 is 1.94 bits per heavy atom. The van der Waals surface area contributed by atoms with Crippen molar-refractivity contribution in [3.8, 4) is 0 Å². The number of likely N-dealkylation sites (tertiary alicyclic amines) is 1. The van der Waals surface area contributed by atoms with Crippen LogP contribution in [0, 0.1) is 18.7 Å². The number of imidazole rings is 1. The van der Waals surface area contributed by atoms with Gasteiger partial charge in [-0.3, -0.25) is 0 Å². The van der Waals surface area contributed by atoms with E-state index in [4.69, 9.17) is 4.74 Å².